The molecule has 3 heterocycles. The molecule has 1 amide bonds. The van der Waals surface area contributed by atoms with Crippen molar-refractivity contribution in [3.8, 4) is 11.4 Å². The Bertz CT molecular complexity index is 1040. The molecule has 1 atom stereocenters. The van der Waals surface area contributed by atoms with E-state index in [0.29, 0.717) is 43.0 Å². The number of rotatable bonds is 6. The highest BCUT2D eigenvalue weighted by atomic mass is 19.1. The first-order valence-corrected chi connectivity index (χ1v) is 9.78. The lowest BCUT2D eigenvalue weighted by atomic mass is 9.81. The Labute approximate surface area is 174 Å². The van der Waals surface area contributed by atoms with Crippen LogP contribution in [0.3, 0.4) is 0 Å². The van der Waals surface area contributed by atoms with Gasteiger partial charge in [-0.05, 0) is 55.5 Å². The molecule has 0 bridgehead atoms. The van der Waals surface area contributed by atoms with Gasteiger partial charge in [-0.15, -0.1) is 0 Å². The Kier molecular flexibility index (Phi) is 5.61. The smallest absolute Gasteiger partial charge is 0.256 e. The zero-order chi connectivity index (χ0) is 21.0. The average Bonchev–Trinajstić information content (AvgIpc) is 3.19. The van der Waals surface area contributed by atoms with Crippen LogP contribution in [-0.2, 0) is 6.42 Å². The molecule has 0 unspecified atom stereocenters. The lowest BCUT2D eigenvalue weighted by Crippen LogP contribution is -2.35. The van der Waals surface area contributed by atoms with Gasteiger partial charge in [-0.2, -0.15) is 0 Å². The van der Waals surface area contributed by atoms with E-state index >= 15 is 0 Å². The van der Waals surface area contributed by atoms with Crippen LogP contribution in [0.4, 0.5) is 4.39 Å². The van der Waals surface area contributed by atoms with E-state index in [2.05, 4.69) is 26.7 Å². The molecule has 0 saturated carbocycles. The number of amides is 1. The molecular weight excluding hydrogens is 381 g/mol. The number of carbonyl (C=O) groups is 1. The number of pyridine rings is 1. The van der Waals surface area contributed by atoms with E-state index in [-0.39, 0.29) is 17.1 Å². The number of aromatic nitrogens is 3. The Balaban J connectivity index is 1.58. The Morgan fingerprint density at radius 3 is 2.73 bits per heavy atom. The molecule has 7 heteroatoms. The van der Waals surface area contributed by atoms with Crippen LogP contribution < -0.4 is 0 Å². The number of aliphatic imine (C=N–C) groups is 1. The number of halogens is 1. The molecule has 6 nitrogen and oxygen atoms in total. The van der Waals surface area contributed by atoms with E-state index in [4.69, 9.17) is 0 Å². The highest BCUT2D eigenvalue weighted by Crippen LogP contribution is 2.36. The van der Waals surface area contributed by atoms with Crippen LogP contribution in [0.15, 0.2) is 66.2 Å². The monoisotopic (exact) mass is 403 g/mol. The predicted octanol–water partition coefficient (Wildman–Crippen LogP) is 3.45. The van der Waals surface area contributed by atoms with E-state index < -0.39 is 0 Å². The molecule has 30 heavy (non-hydrogen) atoms. The maximum absolute atomic E-state index is 13.4. The van der Waals surface area contributed by atoms with Crippen molar-refractivity contribution < 1.29 is 9.18 Å². The molecule has 0 aliphatic carbocycles. The standard InChI is InChI=1S/C23H22FN5O/c1-25-14-23(13-17-4-6-18(24)7-5-17)9-12-29(15-23)22(30)19-3-2-10-27-21(19)20-8-11-26-16-28-20/h2-8,10-11,16H,1,9,12-15H2/t23-/m0/s1. The Morgan fingerprint density at radius 2 is 2.00 bits per heavy atom. The van der Waals surface area contributed by atoms with E-state index in [1.807, 2.05) is 4.90 Å². The number of carbonyl (C=O) groups excluding carboxylic acids is 1. The summed E-state index contributed by atoms with van der Waals surface area (Å²) in [7, 11) is 0. The summed E-state index contributed by atoms with van der Waals surface area (Å²) in [6.07, 6.45) is 6.24. The quantitative estimate of drug-likeness (QED) is 0.591. The first-order chi connectivity index (χ1) is 14.6. The fourth-order valence-corrected chi connectivity index (χ4v) is 4.09. The molecule has 152 valence electrons. The minimum atomic E-state index is -0.258. The van der Waals surface area contributed by atoms with Crippen molar-refractivity contribution in [1.82, 2.24) is 19.9 Å². The van der Waals surface area contributed by atoms with Crippen LogP contribution in [0.5, 0.6) is 0 Å². The molecule has 0 spiro atoms. The first-order valence-electron chi connectivity index (χ1n) is 9.78. The summed E-state index contributed by atoms with van der Waals surface area (Å²) in [6, 6.07) is 11.8. The molecule has 4 rings (SSSR count). The van der Waals surface area contributed by atoms with Crippen molar-refractivity contribution in [2.24, 2.45) is 10.4 Å². The summed E-state index contributed by atoms with van der Waals surface area (Å²) in [4.78, 5) is 31.9. The summed E-state index contributed by atoms with van der Waals surface area (Å²) in [5, 5.41) is 0. The van der Waals surface area contributed by atoms with Crippen LogP contribution in [-0.4, -0.2) is 52.1 Å². The second kappa shape index (κ2) is 8.49. The number of hydrogen-bond acceptors (Lipinski definition) is 5. The zero-order valence-electron chi connectivity index (χ0n) is 16.5. The Morgan fingerprint density at radius 1 is 1.17 bits per heavy atom. The van der Waals surface area contributed by atoms with Gasteiger partial charge >= 0.3 is 0 Å². The third-order valence-corrected chi connectivity index (χ3v) is 5.53. The molecule has 1 aromatic carbocycles. The number of hydrogen-bond donors (Lipinski definition) is 0. The zero-order valence-corrected chi connectivity index (χ0v) is 16.5. The molecule has 1 fully saturated rings. The second-order valence-corrected chi connectivity index (χ2v) is 7.66. The largest absolute Gasteiger partial charge is 0.338 e. The second-order valence-electron chi connectivity index (χ2n) is 7.66. The highest BCUT2D eigenvalue weighted by molar-refractivity contribution is 5.99. The van der Waals surface area contributed by atoms with Gasteiger partial charge in [0.15, 0.2) is 0 Å². The summed E-state index contributed by atoms with van der Waals surface area (Å²) in [5.41, 5.74) is 2.48. The molecular formula is C23H22FN5O. The van der Waals surface area contributed by atoms with Gasteiger partial charge < -0.3 is 9.89 Å². The van der Waals surface area contributed by atoms with Crippen molar-refractivity contribution in [1.29, 1.82) is 0 Å². The van der Waals surface area contributed by atoms with Crippen LogP contribution in [0, 0.1) is 11.2 Å². The third kappa shape index (κ3) is 4.10. The van der Waals surface area contributed by atoms with Crippen LogP contribution in [0.2, 0.25) is 0 Å². The van der Waals surface area contributed by atoms with Gasteiger partial charge in [0, 0.05) is 37.4 Å². The molecule has 0 radical (unpaired) electrons. The van der Waals surface area contributed by atoms with Crippen LogP contribution in [0.25, 0.3) is 11.4 Å². The van der Waals surface area contributed by atoms with Crippen molar-refractivity contribution in [2.75, 3.05) is 19.6 Å². The number of benzene rings is 1. The number of likely N-dealkylation sites (tertiary alicyclic amines) is 1. The lowest BCUT2D eigenvalue weighted by molar-refractivity contribution is 0.0774. The van der Waals surface area contributed by atoms with Gasteiger partial charge in [-0.3, -0.25) is 9.78 Å². The van der Waals surface area contributed by atoms with Gasteiger partial charge in [0.2, 0.25) is 0 Å². The topological polar surface area (TPSA) is 71.3 Å². The first kappa shape index (κ1) is 19.8. The maximum atomic E-state index is 13.4. The van der Waals surface area contributed by atoms with E-state index in [9.17, 15) is 9.18 Å². The Hall–Kier alpha value is -3.48. The van der Waals surface area contributed by atoms with Gasteiger partial charge in [0.05, 0.1) is 11.3 Å². The fourth-order valence-electron chi connectivity index (χ4n) is 4.09. The van der Waals surface area contributed by atoms with Crippen molar-refractivity contribution >= 4 is 12.6 Å². The SMILES string of the molecule is C=NC[C@@]1(Cc2ccc(F)cc2)CCN(C(=O)c2cccnc2-c2ccncn2)C1. The average molecular weight is 403 g/mol. The minimum Gasteiger partial charge on any atom is -0.338 e. The molecule has 1 saturated heterocycles. The number of nitrogens with zero attached hydrogens (tertiary/aromatic N) is 5. The molecule has 1 aliphatic heterocycles. The van der Waals surface area contributed by atoms with E-state index in [1.54, 1.807) is 42.7 Å². The van der Waals surface area contributed by atoms with Crippen LogP contribution in [0.1, 0.15) is 22.3 Å². The molecule has 1 aliphatic rings. The van der Waals surface area contributed by atoms with E-state index in [0.717, 1.165) is 12.0 Å². The van der Waals surface area contributed by atoms with Crippen molar-refractivity contribution in [3.05, 3.63) is 78.1 Å². The van der Waals surface area contributed by atoms with Gasteiger partial charge in [-0.1, -0.05) is 12.1 Å². The molecule has 0 N–H and O–H groups in total. The highest BCUT2D eigenvalue weighted by Gasteiger charge is 2.40. The maximum Gasteiger partial charge on any atom is 0.256 e. The molecule has 2 aromatic heterocycles. The minimum absolute atomic E-state index is 0.0817. The normalized spacial score (nSPS) is 18.4. The fraction of sp³-hybridized carbons (Fsp3) is 0.261. The predicted molar refractivity (Wildman–Crippen MR) is 113 cm³/mol. The summed E-state index contributed by atoms with van der Waals surface area (Å²) < 4.78 is 13.3. The van der Waals surface area contributed by atoms with Gasteiger partial charge in [0.1, 0.15) is 17.8 Å². The van der Waals surface area contributed by atoms with Crippen LogP contribution >= 0.6 is 0 Å². The van der Waals surface area contributed by atoms with Crippen molar-refractivity contribution in [2.45, 2.75) is 12.8 Å². The summed E-state index contributed by atoms with van der Waals surface area (Å²) >= 11 is 0. The van der Waals surface area contributed by atoms with Crippen molar-refractivity contribution in [3.63, 3.8) is 0 Å². The molecule has 3 aromatic rings. The van der Waals surface area contributed by atoms with Gasteiger partial charge in [0.25, 0.3) is 5.91 Å². The van der Waals surface area contributed by atoms with E-state index in [1.165, 1.54) is 18.5 Å². The summed E-state index contributed by atoms with van der Waals surface area (Å²) in [6.45, 7) is 5.39. The third-order valence-electron chi connectivity index (χ3n) is 5.53. The summed E-state index contributed by atoms with van der Waals surface area (Å²) in [5.74, 6) is -0.339. The van der Waals surface area contributed by atoms with Gasteiger partial charge in [-0.25, -0.2) is 14.4 Å². The lowest BCUT2D eigenvalue weighted by Gasteiger charge is -2.28.